The molecule has 0 saturated carbocycles. The summed E-state index contributed by atoms with van der Waals surface area (Å²) in [5.41, 5.74) is 2.25. The van der Waals surface area contributed by atoms with Crippen molar-refractivity contribution in [1.29, 1.82) is 0 Å². The molecule has 0 spiro atoms. The number of nitrogens with zero attached hydrogens (tertiary/aromatic N) is 2. The molecule has 0 saturated heterocycles. The van der Waals surface area contributed by atoms with Crippen molar-refractivity contribution in [2.75, 3.05) is 0 Å². The normalized spacial score (nSPS) is 10.7. The summed E-state index contributed by atoms with van der Waals surface area (Å²) in [5.74, 6) is 5.16. The van der Waals surface area contributed by atoms with Gasteiger partial charge in [-0.15, -0.1) is 0 Å². The van der Waals surface area contributed by atoms with Crippen LogP contribution in [0.3, 0.4) is 0 Å². The van der Waals surface area contributed by atoms with Crippen LogP contribution in [0.1, 0.15) is 0 Å². The Morgan fingerprint density at radius 1 is 1.32 bits per heavy atom. The van der Waals surface area contributed by atoms with Crippen LogP contribution in [0.5, 0.6) is 0 Å². The highest BCUT2D eigenvalue weighted by Gasteiger charge is 2.11. The van der Waals surface area contributed by atoms with Crippen LogP contribution in [-0.2, 0) is 0 Å². The molecule has 0 atom stereocenters. The fourth-order valence-electron chi connectivity index (χ4n) is 1.71. The van der Waals surface area contributed by atoms with Gasteiger partial charge in [0.1, 0.15) is 0 Å². The number of hydrogen-bond acceptors (Lipinski definition) is 3. The summed E-state index contributed by atoms with van der Waals surface area (Å²) in [5, 5.41) is 0.765. The lowest BCUT2D eigenvalue weighted by Gasteiger charge is -1.96. The van der Waals surface area contributed by atoms with Crippen molar-refractivity contribution in [2.24, 2.45) is 5.84 Å². The van der Waals surface area contributed by atoms with Crippen LogP contribution < -0.4 is 5.84 Å². The van der Waals surface area contributed by atoms with Gasteiger partial charge in [-0.2, -0.15) is 5.84 Å². The first-order chi connectivity index (χ1) is 9.22. The van der Waals surface area contributed by atoms with Gasteiger partial charge < -0.3 is 4.98 Å². The van der Waals surface area contributed by atoms with Crippen molar-refractivity contribution in [3.8, 4) is 0 Å². The van der Waals surface area contributed by atoms with Crippen LogP contribution in [0, 0.1) is 11.0 Å². The van der Waals surface area contributed by atoms with Gasteiger partial charge in [0.25, 0.3) is 5.69 Å². The SMILES string of the molecule is N[N+](=O)c1c[c]cc(Sc2nc3ccccc3[nH]2)c1. The van der Waals surface area contributed by atoms with E-state index in [0.717, 1.165) is 21.1 Å². The third-order valence-corrected chi connectivity index (χ3v) is 3.44. The van der Waals surface area contributed by atoms with Crippen LogP contribution in [0.2, 0.25) is 0 Å². The zero-order valence-electron chi connectivity index (χ0n) is 9.83. The van der Waals surface area contributed by atoms with Crippen molar-refractivity contribution in [1.82, 2.24) is 9.97 Å². The molecular weight excluding hydrogens is 260 g/mol. The monoisotopic (exact) mass is 270 g/mol. The smallest absolute Gasteiger partial charge is 0.293 e. The third-order valence-electron chi connectivity index (χ3n) is 2.58. The van der Waals surface area contributed by atoms with E-state index < -0.39 is 0 Å². The molecule has 93 valence electrons. The number of para-hydroxylation sites is 2. The number of aromatic amines is 1. The number of nitroso groups, excluding NO2 is 1. The van der Waals surface area contributed by atoms with Gasteiger partial charge in [-0.3, -0.25) is 0 Å². The lowest BCUT2D eigenvalue weighted by Crippen LogP contribution is -2.08. The Kier molecular flexibility index (Phi) is 2.92. The second kappa shape index (κ2) is 4.74. The average Bonchev–Trinajstić information content (AvgIpc) is 2.81. The number of imidazole rings is 1. The standard InChI is InChI=1S/C13H10N4OS/c14-17(18)9-4-3-5-10(8-9)19-13-15-11-6-1-2-7-12(11)16-13/h1-2,4-8H,(H2,14,18)(H,15,16)/q+1. The topological polar surface area (TPSA) is 74.8 Å². The minimum Gasteiger partial charge on any atom is -0.333 e. The van der Waals surface area contributed by atoms with Gasteiger partial charge in [-0.25, -0.2) is 4.98 Å². The molecule has 1 heterocycles. The van der Waals surface area contributed by atoms with Gasteiger partial charge in [0.15, 0.2) is 10.0 Å². The largest absolute Gasteiger partial charge is 0.333 e. The van der Waals surface area contributed by atoms with Crippen LogP contribution in [0.25, 0.3) is 11.0 Å². The van der Waals surface area contributed by atoms with E-state index in [-0.39, 0.29) is 0 Å². The van der Waals surface area contributed by atoms with E-state index in [1.807, 2.05) is 24.3 Å². The molecule has 1 radical (unpaired) electrons. The van der Waals surface area contributed by atoms with Crippen LogP contribution in [0.4, 0.5) is 5.69 Å². The molecule has 3 N–H and O–H groups in total. The molecule has 0 aliphatic heterocycles. The number of aromatic nitrogens is 2. The maximum atomic E-state index is 11.0. The predicted molar refractivity (Wildman–Crippen MR) is 73.0 cm³/mol. The Bertz CT molecular complexity index is 720. The molecule has 3 rings (SSSR count). The molecule has 6 heteroatoms. The number of nitrogens with two attached hydrogens (primary N) is 1. The number of hydrazine groups is 1. The van der Waals surface area contributed by atoms with E-state index in [4.69, 9.17) is 5.84 Å². The minimum absolute atomic E-state index is 0.319. The van der Waals surface area contributed by atoms with Gasteiger partial charge >= 0.3 is 0 Å². The van der Waals surface area contributed by atoms with Gasteiger partial charge in [0, 0.05) is 17.0 Å². The first kappa shape index (κ1) is 11.7. The molecule has 0 aliphatic rings. The molecule has 3 aromatic rings. The quantitative estimate of drug-likeness (QED) is 0.436. The number of nitrogens with one attached hydrogen (secondary N) is 1. The fraction of sp³-hybridized carbons (Fsp3) is 0. The summed E-state index contributed by atoms with van der Waals surface area (Å²) in [6, 6.07) is 15.7. The third kappa shape index (κ3) is 2.43. The summed E-state index contributed by atoms with van der Waals surface area (Å²) in [6.45, 7) is 0. The number of rotatable bonds is 3. The number of H-pyrrole nitrogens is 1. The first-order valence-corrected chi connectivity index (χ1v) is 6.40. The summed E-state index contributed by atoms with van der Waals surface area (Å²) in [6.07, 6.45) is 0. The molecule has 1 aromatic heterocycles. The molecule has 0 aliphatic carbocycles. The van der Waals surface area contributed by atoms with E-state index in [9.17, 15) is 4.91 Å². The minimum atomic E-state index is 0.319. The van der Waals surface area contributed by atoms with Crippen molar-refractivity contribution in [2.45, 2.75) is 10.1 Å². The summed E-state index contributed by atoms with van der Waals surface area (Å²) in [4.78, 5) is 19.9. The van der Waals surface area contributed by atoms with Crippen LogP contribution >= 0.6 is 11.8 Å². The molecule has 0 fully saturated rings. The Balaban J connectivity index is 1.92. The molecule has 0 bridgehead atoms. The van der Waals surface area contributed by atoms with Crippen molar-refractivity contribution in [3.63, 3.8) is 0 Å². The number of benzene rings is 2. The van der Waals surface area contributed by atoms with Gasteiger partial charge in [-0.1, -0.05) is 23.9 Å². The molecule has 2 aromatic carbocycles. The average molecular weight is 270 g/mol. The van der Waals surface area contributed by atoms with Crippen molar-refractivity contribution < 1.29 is 4.87 Å². The zero-order valence-corrected chi connectivity index (χ0v) is 10.6. The molecule has 0 unspecified atom stereocenters. The predicted octanol–water partition coefficient (Wildman–Crippen LogP) is 2.80. The molecule has 5 nitrogen and oxygen atoms in total. The lowest BCUT2D eigenvalue weighted by molar-refractivity contribution is -0.474. The van der Waals surface area contributed by atoms with Crippen molar-refractivity contribution in [3.05, 3.63) is 53.4 Å². The van der Waals surface area contributed by atoms with Gasteiger partial charge in [-0.05, 0) is 24.3 Å². The zero-order chi connectivity index (χ0) is 13.2. The van der Waals surface area contributed by atoms with E-state index in [2.05, 4.69) is 16.0 Å². The fourth-order valence-corrected chi connectivity index (χ4v) is 2.55. The highest BCUT2D eigenvalue weighted by Crippen LogP contribution is 2.28. The molecular formula is C13H10N4OS+. The lowest BCUT2D eigenvalue weighted by atomic mass is 10.3. The molecule has 0 amide bonds. The Morgan fingerprint density at radius 2 is 2.16 bits per heavy atom. The second-order valence-corrected chi connectivity index (χ2v) is 4.98. The van der Waals surface area contributed by atoms with E-state index in [1.165, 1.54) is 17.8 Å². The molecule has 19 heavy (non-hydrogen) atoms. The Labute approximate surface area is 113 Å². The summed E-state index contributed by atoms with van der Waals surface area (Å²) in [7, 11) is 0. The van der Waals surface area contributed by atoms with E-state index in [1.54, 1.807) is 12.1 Å². The van der Waals surface area contributed by atoms with Crippen LogP contribution in [0.15, 0.2) is 52.5 Å². The summed E-state index contributed by atoms with van der Waals surface area (Å²) >= 11 is 1.43. The van der Waals surface area contributed by atoms with Gasteiger partial charge in [0.2, 0.25) is 0 Å². The van der Waals surface area contributed by atoms with E-state index in [0.29, 0.717) is 10.6 Å². The van der Waals surface area contributed by atoms with Gasteiger partial charge in [0.05, 0.1) is 15.9 Å². The van der Waals surface area contributed by atoms with E-state index >= 15 is 0 Å². The van der Waals surface area contributed by atoms with Crippen LogP contribution in [-0.4, -0.2) is 14.8 Å². The van der Waals surface area contributed by atoms with Crippen molar-refractivity contribution >= 4 is 28.5 Å². The number of fused-ring (bicyclic) bond motifs is 1. The number of hydrogen-bond donors (Lipinski definition) is 2. The Morgan fingerprint density at radius 3 is 2.95 bits per heavy atom. The summed E-state index contributed by atoms with van der Waals surface area (Å²) < 4.78 is 0. The highest BCUT2D eigenvalue weighted by molar-refractivity contribution is 7.99. The first-order valence-electron chi connectivity index (χ1n) is 5.58. The second-order valence-electron chi connectivity index (χ2n) is 3.91. The maximum Gasteiger partial charge on any atom is 0.293 e. The highest BCUT2D eigenvalue weighted by atomic mass is 32.2. The Hall–Kier alpha value is -2.34. The maximum absolute atomic E-state index is 11.0.